The Morgan fingerprint density at radius 1 is 1.19 bits per heavy atom. The zero-order valence-corrected chi connectivity index (χ0v) is 11.7. The van der Waals surface area contributed by atoms with Crippen LogP contribution in [0.15, 0.2) is 48.5 Å². The molecule has 0 aliphatic carbocycles. The molecule has 0 fully saturated rings. The first kappa shape index (κ1) is 15.0. The topological polar surface area (TPSA) is 50.4 Å². The number of methoxy groups -OCH3 is 1. The van der Waals surface area contributed by atoms with Gasteiger partial charge in [-0.1, -0.05) is 24.3 Å². The SMILES string of the molecule is COc1cccc(CNCC(=O)Nc2ccccc2F)c1. The van der Waals surface area contributed by atoms with Crippen LogP contribution in [0.5, 0.6) is 5.75 Å². The minimum atomic E-state index is -0.446. The molecule has 4 nitrogen and oxygen atoms in total. The third kappa shape index (κ3) is 4.57. The highest BCUT2D eigenvalue weighted by Crippen LogP contribution is 2.13. The highest BCUT2D eigenvalue weighted by Gasteiger charge is 2.05. The molecular weight excluding hydrogens is 271 g/mol. The number of amides is 1. The first-order chi connectivity index (χ1) is 10.2. The molecule has 2 aromatic carbocycles. The highest BCUT2D eigenvalue weighted by atomic mass is 19.1. The number of para-hydroxylation sites is 1. The van der Waals surface area contributed by atoms with Gasteiger partial charge in [-0.15, -0.1) is 0 Å². The Bertz CT molecular complexity index is 617. The Kier molecular flexibility index (Phi) is 5.29. The molecule has 0 aromatic heterocycles. The van der Waals surface area contributed by atoms with Crippen molar-refractivity contribution in [2.24, 2.45) is 0 Å². The predicted octanol–water partition coefficient (Wildman–Crippen LogP) is 2.56. The van der Waals surface area contributed by atoms with Gasteiger partial charge in [0, 0.05) is 6.54 Å². The van der Waals surface area contributed by atoms with Crippen molar-refractivity contribution >= 4 is 11.6 Å². The molecule has 0 radical (unpaired) electrons. The summed E-state index contributed by atoms with van der Waals surface area (Å²) in [6, 6.07) is 13.6. The second-order valence-electron chi connectivity index (χ2n) is 4.48. The van der Waals surface area contributed by atoms with Crippen molar-refractivity contribution in [2.75, 3.05) is 19.0 Å². The lowest BCUT2D eigenvalue weighted by Gasteiger charge is -2.08. The molecule has 0 aliphatic rings. The van der Waals surface area contributed by atoms with Crippen LogP contribution in [0, 0.1) is 5.82 Å². The third-order valence-electron chi connectivity index (χ3n) is 2.90. The molecule has 0 atom stereocenters. The fourth-order valence-corrected chi connectivity index (χ4v) is 1.86. The van der Waals surface area contributed by atoms with Crippen LogP contribution in [0.4, 0.5) is 10.1 Å². The van der Waals surface area contributed by atoms with Gasteiger partial charge < -0.3 is 15.4 Å². The van der Waals surface area contributed by atoms with E-state index in [1.54, 1.807) is 19.2 Å². The molecule has 0 heterocycles. The summed E-state index contributed by atoms with van der Waals surface area (Å²) in [4.78, 5) is 11.7. The number of carbonyl (C=O) groups is 1. The lowest BCUT2D eigenvalue weighted by Crippen LogP contribution is -2.28. The van der Waals surface area contributed by atoms with Crippen molar-refractivity contribution in [2.45, 2.75) is 6.54 Å². The summed E-state index contributed by atoms with van der Waals surface area (Å²) in [5.74, 6) is 0.0340. The molecule has 2 aromatic rings. The lowest BCUT2D eigenvalue weighted by molar-refractivity contribution is -0.115. The van der Waals surface area contributed by atoms with Gasteiger partial charge in [-0.05, 0) is 29.8 Å². The maximum atomic E-state index is 13.4. The number of halogens is 1. The molecule has 110 valence electrons. The van der Waals surface area contributed by atoms with Gasteiger partial charge in [-0.25, -0.2) is 4.39 Å². The summed E-state index contributed by atoms with van der Waals surface area (Å²) in [5.41, 5.74) is 1.19. The Morgan fingerprint density at radius 2 is 2.00 bits per heavy atom. The van der Waals surface area contributed by atoms with E-state index in [1.807, 2.05) is 24.3 Å². The number of nitrogens with one attached hydrogen (secondary N) is 2. The van der Waals surface area contributed by atoms with E-state index in [0.29, 0.717) is 6.54 Å². The van der Waals surface area contributed by atoms with Crippen LogP contribution >= 0.6 is 0 Å². The number of benzene rings is 2. The van der Waals surface area contributed by atoms with Crippen molar-refractivity contribution in [3.8, 4) is 5.75 Å². The highest BCUT2D eigenvalue weighted by molar-refractivity contribution is 5.92. The van der Waals surface area contributed by atoms with E-state index in [4.69, 9.17) is 4.74 Å². The van der Waals surface area contributed by atoms with Crippen molar-refractivity contribution in [1.29, 1.82) is 0 Å². The van der Waals surface area contributed by atoms with E-state index in [9.17, 15) is 9.18 Å². The number of hydrogen-bond donors (Lipinski definition) is 2. The van der Waals surface area contributed by atoms with Crippen molar-refractivity contribution in [3.63, 3.8) is 0 Å². The zero-order valence-electron chi connectivity index (χ0n) is 11.7. The Morgan fingerprint density at radius 3 is 2.76 bits per heavy atom. The zero-order chi connectivity index (χ0) is 15.1. The van der Waals surface area contributed by atoms with E-state index in [0.717, 1.165) is 11.3 Å². The molecule has 1 amide bonds. The van der Waals surface area contributed by atoms with E-state index in [1.165, 1.54) is 12.1 Å². The number of hydrogen-bond acceptors (Lipinski definition) is 3. The van der Waals surface area contributed by atoms with E-state index in [2.05, 4.69) is 10.6 Å². The molecular formula is C16H17FN2O2. The summed E-state index contributed by atoms with van der Waals surface area (Å²) in [5, 5.41) is 5.52. The monoisotopic (exact) mass is 288 g/mol. The first-order valence-electron chi connectivity index (χ1n) is 6.57. The van der Waals surface area contributed by atoms with Crippen LogP contribution in [0.25, 0.3) is 0 Å². The van der Waals surface area contributed by atoms with Gasteiger partial charge in [0.1, 0.15) is 11.6 Å². The lowest BCUT2D eigenvalue weighted by atomic mass is 10.2. The average molecular weight is 288 g/mol. The summed E-state index contributed by atoms with van der Waals surface area (Å²) in [7, 11) is 1.61. The fourth-order valence-electron chi connectivity index (χ4n) is 1.86. The summed E-state index contributed by atoms with van der Waals surface area (Å²) in [6.07, 6.45) is 0. The van der Waals surface area contributed by atoms with Crippen LogP contribution in [0.2, 0.25) is 0 Å². The van der Waals surface area contributed by atoms with Crippen molar-refractivity contribution < 1.29 is 13.9 Å². The number of anilines is 1. The normalized spacial score (nSPS) is 10.2. The molecule has 0 bridgehead atoms. The minimum absolute atomic E-state index is 0.103. The first-order valence-corrected chi connectivity index (χ1v) is 6.57. The van der Waals surface area contributed by atoms with Crippen LogP contribution in [0.3, 0.4) is 0 Å². The second kappa shape index (κ2) is 7.40. The number of ether oxygens (including phenoxy) is 1. The maximum absolute atomic E-state index is 13.4. The molecule has 0 saturated carbocycles. The Hall–Kier alpha value is -2.40. The Labute approximate surface area is 122 Å². The average Bonchev–Trinajstić information content (AvgIpc) is 2.50. The summed E-state index contributed by atoms with van der Waals surface area (Å²) < 4.78 is 18.5. The maximum Gasteiger partial charge on any atom is 0.238 e. The van der Waals surface area contributed by atoms with Crippen LogP contribution in [0.1, 0.15) is 5.56 Å². The van der Waals surface area contributed by atoms with Crippen LogP contribution in [-0.4, -0.2) is 19.6 Å². The molecule has 0 saturated heterocycles. The van der Waals surface area contributed by atoms with Gasteiger partial charge in [0.05, 0.1) is 19.3 Å². The van der Waals surface area contributed by atoms with E-state index < -0.39 is 5.82 Å². The molecule has 21 heavy (non-hydrogen) atoms. The van der Waals surface area contributed by atoms with Gasteiger partial charge in [0.15, 0.2) is 0 Å². The van der Waals surface area contributed by atoms with Gasteiger partial charge in [0.2, 0.25) is 5.91 Å². The van der Waals surface area contributed by atoms with Crippen LogP contribution < -0.4 is 15.4 Å². The Balaban J connectivity index is 1.80. The second-order valence-corrected chi connectivity index (χ2v) is 4.48. The predicted molar refractivity (Wildman–Crippen MR) is 79.7 cm³/mol. The molecule has 0 aliphatic heterocycles. The van der Waals surface area contributed by atoms with Crippen LogP contribution in [-0.2, 0) is 11.3 Å². The van der Waals surface area contributed by atoms with E-state index in [-0.39, 0.29) is 18.1 Å². The minimum Gasteiger partial charge on any atom is -0.497 e. The fraction of sp³-hybridized carbons (Fsp3) is 0.188. The number of rotatable bonds is 6. The van der Waals surface area contributed by atoms with E-state index >= 15 is 0 Å². The van der Waals surface area contributed by atoms with Gasteiger partial charge in [0.25, 0.3) is 0 Å². The standard InChI is InChI=1S/C16H17FN2O2/c1-21-13-6-4-5-12(9-13)10-18-11-16(20)19-15-8-3-2-7-14(15)17/h2-9,18H,10-11H2,1H3,(H,19,20). The quantitative estimate of drug-likeness (QED) is 0.859. The molecule has 2 N–H and O–H groups in total. The largest absolute Gasteiger partial charge is 0.497 e. The molecule has 0 spiro atoms. The molecule has 5 heteroatoms. The van der Waals surface area contributed by atoms with Gasteiger partial charge >= 0.3 is 0 Å². The third-order valence-corrected chi connectivity index (χ3v) is 2.90. The molecule has 0 unspecified atom stereocenters. The van der Waals surface area contributed by atoms with Crippen molar-refractivity contribution in [1.82, 2.24) is 5.32 Å². The number of carbonyl (C=O) groups excluding carboxylic acids is 1. The molecule has 2 rings (SSSR count). The van der Waals surface area contributed by atoms with Gasteiger partial charge in [-0.2, -0.15) is 0 Å². The van der Waals surface area contributed by atoms with Crippen molar-refractivity contribution in [3.05, 3.63) is 59.9 Å². The van der Waals surface area contributed by atoms with Gasteiger partial charge in [-0.3, -0.25) is 4.79 Å². The smallest absolute Gasteiger partial charge is 0.238 e. The summed E-state index contributed by atoms with van der Waals surface area (Å²) >= 11 is 0. The summed E-state index contributed by atoms with van der Waals surface area (Å²) in [6.45, 7) is 0.632.